The number of thiophene rings is 1. The van der Waals surface area contributed by atoms with Crippen LogP contribution in [0.1, 0.15) is 42.5 Å². The minimum Gasteiger partial charge on any atom is -0.336 e. The molecule has 1 amide bonds. The van der Waals surface area contributed by atoms with Crippen LogP contribution in [0.25, 0.3) is 6.08 Å². The molecule has 0 radical (unpaired) electrons. The quantitative estimate of drug-likeness (QED) is 0.713. The van der Waals surface area contributed by atoms with Gasteiger partial charge in [-0.1, -0.05) is 43.3 Å². The van der Waals surface area contributed by atoms with Gasteiger partial charge in [-0.15, -0.1) is 11.3 Å². The maximum absolute atomic E-state index is 12.6. The van der Waals surface area contributed by atoms with Crippen molar-refractivity contribution >= 4 is 23.3 Å². The zero-order valence-corrected chi connectivity index (χ0v) is 14.3. The van der Waals surface area contributed by atoms with E-state index >= 15 is 0 Å². The Kier molecular flexibility index (Phi) is 5.29. The lowest BCUT2D eigenvalue weighted by Gasteiger charge is -2.31. The molecule has 2 nitrogen and oxygen atoms in total. The number of carbonyl (C=O) groups is 1. The SMILES string of the molecule is CCC(c1ccccc1)C1CCCN1C(=O)C=Cc1cccs1. The Bertz CT molecular complexity index is 648. The number of rotatable bonds is 5. The van der Waals surface area contributed by atoms with Crippen LogP contribution in [0.3, 0.4) is 0 Å². The third-order valence-corrected chi connectivity index (χ3v) is 5.49. The maximum atomic E-state index is 12.6. The van der Waals surface area contributed by atoms with Crippen molar-refractivity contribution in [3.05, 3.63) is 64.4 Å². The predicted octanol–water partition coefficient (Wildman–Crippen LogP) is 4.95. The Morgan fingerprint density at radius 1 is 1.30 bits per heavy atom. The number of hydrogen-bond acceptors (Lipinski definition) is 2. The molecule has 120 valence electrons. The molecule has 1 aromatic heterocycles. The van der Waals surface area contributed by atoms with Gasteiger partial charge in [-0.05, 0) is 42.3 Å². The van der Waals surface area contributed by atoms with Crippen molar-refractivity contribution in [1.82, 2.24) is 4.90 Å². The molecule has 2 aromatic rings. The normalized spacial score (nSPS) is 19.3. The summed E-state index contributed by atoms with van der Waals surface area (Å²) in [6.07, 6.45) is 6.94. The first-order chi connectivity index (χ1) is 11.3. The topological polar surface area (TPSA) is 20.3 Å². The summed E-state index contributed by atoms with van der Waals surface area (Å²) in [5, 5.41) is 2.03. The van der Waals surface area contributed by atoms with Gasteiger partial charge in [-0.2, -0.15) is 0 Å². The second-order valence-corrected chi connectivity index (χ2v) is 6.99. The minimum atomic E-state index is 0.148. The zero-order valence-electron chi connectivity index (χ0n) is 13.5. The standard InChI is InChI=1S/C20H23NOS/c1-2-18(16-8-4-3-5-9-16)19-11-6-14-21(19)20(22)13-12-17-10-7-15-23-17/h3-5,7-10,12-13,15,18-19H,2,6,11,14H2,1H3. The molecule has 3 heteroatoms. The second kappa shape index (κ2) is 7.60. The fraction of sp³-hybridized carbons (Fsp3) is 0.350. The molecule has 0 bridgehead atoms. The Hall–Kier alpha value is -1.87. The summed E-state index contributed by atoms with van der Waals surface area (Å²) in [6, 6.07) is 15.0. The summed E-state index contributed by atoms with van der Waals surface area (Å²) in [5.74, 6) is 0.577. The third-order valence-electron chi connectivity index (χ3n) is 4.65. The number of hydrogen-bond donors (Lipinski definition) is 0. The van der Waals surface area contributed by atoms with Gasteiger partial charge in [-0.25, -0.2) is 0 Å². The maximum Gasteiger partial charge on any atom is 0.246 e. The Morgan fingerprint density at radius 2 is 2.13 bits per heavy atom. The van der Waals surface area contributed by atoms with Gasteiger partial charge in [0, 0.05) is 29.5 Å². The van der Waals surface area contributed by atoms with Crippen LogP contribution in [0.2, 0.25) is 0 Å². The number of benzene rings is 1. The first-order valence-electron chi connectivity index (χ1n) is 8.36. The third kappa shape index (κ3) is 3.73. The first-order valence-corrected chi connectivity index (χ1v) is 9.24. The van der Waals surface area contributed by atoms with E-state index in [1.165, 1.54) is 5.56 Å². The molecule has 1 aliphatic heterocycles. The highest BCUT2D eigenvalue weighted by molar-refractivity contribution is 7.10. The molecule has 2 unspecified atom stereocenters. The lowest BCUT2D eigenvalue weighted by atomic mass is 9.87. The van der Waals surface area contributed by atoms with Gasteiger partial charge in [0.15, 0.2) is 0 Å². The van der Waals surface area contributed by atoms with Gasteiger partial charge < -0.3 is 4.90 Å². The van der Waals surface area contributed by atoms with Gasteiger partial charge in [0.05, 0.1) is 0 Å². The van der Waals surface area contributed by atoms with Crippen molar-refractivity contribution in [2.24, 2.45) is 0 Å². The van der Waals surface area contributed by atoms with Gasteiger partial charge >= 0.3 is 0 Å². The van der Waals surface area contributed by atoms with Crippen molar-refractivity contribution in [2.75, 3.05) is 6.54 Å². The molecule has 2 atom stereocenters. The lowest BCUT2D eigenvalue weighted by molar-refractivity contribution is -0.127. The van der Waals surface area contributed by atoms with E-state index in [0.717, 1.165) is 30.7 Å². The van der Waals surface area contributed by atoms with Crippen LogP contribution in [-0.4, -0.2) is 23.4 Å². The average molecular weight is 325 g/mol. The molecule has 0 aliphatic carbocycles. The second-order valence-electron chi connectivity index (χ2n) is 6.02. The largest absolute Gasteiger partial charge is 0.336 e. The van der Waals surface area contributed by atoms with Crippen LogP contribution < -0.4 is 0 Å². The highest BCUT2D eigenvalue weighted by Crippen LogP contribution is 2.33. The van der Waals surface area contributed by atoms with E-state index in [-0.39, 0.29) is 5.91 Å². The molecule has 0 saturated carbocycles. The van der Waals surface area contributed by atoms with Crippen molar-refractivity contribution in [3.8, 4) is 0 Å². The lowest BCUT2D eigenvalue weighted by Crippen LogP contribution is -2.38. The Labute approximate surface area is 142 Å². The molecular weight excluding hydrogens is 302 g/mol. The molecular formula is C20H23NOS. The fourth-order valence-electron chi connectivity index (χ4n) is 3.55. The first kappa shape index (κ1) is 16.0. The van der Waals surface area contributed by atoms with E-state index in [2.05, 4.69) is 42.2 Å². The van der Waals surface area contributed by atoms with Crippen LogP contribution in [0.5, 0.6) is 0 Å². The predicted molar refractivity (Wildman–Crippen MR) is 97.6 cm³/mol. The molecule has 3 rings (SSSR count). The summed E-state index contributed by atoms with van der Waals surface area (Å²) in [6.45, 7) is 3.10. The van der Waals surface area contributed by atoms with E-state index < -0.39 is 0 Å². The number of amides is 1. The zero-order chi connectivity index (χ0) is 16.1. The van der Waals surface area contributed by atoms with Crippen LogP contribution in [0.4, 0.5) is 0 Å². The highest BCUT2D eigenvalue weighted by atomic mass is 32.1. The molecule has 2 heterocycles. The van der Waals surface area contributed by atoms with Crippen LogP contribution >= 0.6 is 11.3 Å². The summed E-state index contributed by atoms with van der Waals surface area (Å²) >= 11 is 1.66. The van der Waals surface area contributed by atoms with Crippen molar-refractivity contribution in [1.29, 1.82) is 0 Å². The molecule has 1 saturated heterocycles. The molecule has 0 N–H and O–H groups in total. The van der Waals surface area contributed by atoms with Crippen LogP contribution in [-0.2, 0) is 4.79 Å². The van der Waals surface area contributed by atoms with Crippen LogP contribution in [0, 0.1) is 0 Å². The van der Waals surface area contributed by atoms with E-state index in [9.17, 15) is 4.79 Å². The summed E-state index contributed by atoms with van der Waals surface area (Å²) in [4.78, 5) is 15.8. The van der Waals surface area contributed by atoms with Gasteiger partial charge in [0.2, 0.25) is 5.91 Å². The molecule has 0 spiro atoms. The molecule has 1 aliphatic rings. The average Bonchev–Trinajstić information content (AvgIpc) is 3.26. The van der Waals surface area contributed by atoms with E-state index in [1.54, 1.807) is 17.4 Å². The van der Waals surface area contributed by atoms with Crippen LogP contribution in [0.15, 0.2) is 53.9 Å². The monoisotopic (exact) mass is 325 g/mol. The molecule has 1 fully saturated rings. The van der Waals surface area contributed by atoms with Gasteiger partial charge in [0.1, 0.15) is 0 Å². The Balaban J connectivity index is 1.75. The van der Waals surface area contributed by atoms with Crippen molar-refractivity contribution in [2.45, 2.75) is 38.1 Å². The Morgan fingerprint density at radius 3 is 2.83 bits per heavy atom. The van der Waals surface area contributed by atoms with E-state index in [0.29, 0.717) is 12.0 Å². The number of likely N-dealkylation sites (tertiary alicyclic amines) is 1. The highest BCUT2D eigenvalue weighted by Gasteiger charge is 2.33. The van der Waals surface area contributed by atoms with E-state index in [1.807, 2.05) is 23.6 Å². The summed E-state index contributed by atoms with van der Waals surface area (Å²) in [5.41, 5.74) is 1.35. The fourth-order valence-corrected chi connectivity index (χ4v) is 4.17. The molecule has 1 aromatic carbocycles. The number of nitrogens with zero attached hydrogens (tertiary/aromatic N) is 1. The van der Waals surface area contributed by atoms with Gasteiger partial charge in [0.25, 0.3) is 0 Å². The smallest absolute Gasteiger partial charge is 0.246 e. The van der Waals surface area contributed by atoms with Crippen molar-refractivity contribution < 1.29 is 4.79 Å². The minimum absolute atomic E-state index is 0.148. The van der Waals surface area contributed by atoms with Crippen molar-refractivity contribution in [3.63, 3.8) is 0 Å². The summed E-state index contributed by atoms with van der Waals surface area (Å²) in [7, 11) is 0. The summed E-state index contributed by atoms with van der Waals surface area (Å²) < 4.78 is 0. The molecule has 23 heavy (non-hydrogen) atoms. The van der Waals surface area contributed by atoms with Gasteiger partial charge in [-0.3, -0.25) is 4.79 Å². The number of carbonyl (C=O) groups excluding carboxylic acids is 1. The van der Waals surface area contributed by atoms with E-state index in [4.69, 9.17) is 0 Å².